The van der Waals surface area contributed by atoms with Crippen molar-refractivity contribution in [2.75, 3.05) is 20.3 Å². The number of hydrogen-bond acceptors (Lipinski definition) is 4. The first-order valence-electron chi connectivity index (χ1n) is 7.21. The second-order valence-electron chi connectivity index (χ2n) is 5.60. The first-order valence-corrected chi connectivity index (χ1v) is 7.21. The lowest BCUT2D eigenvalue weighted by Gasteiger charge is -2.29. The zero-order chi connectivity index (χ0) is 16.9. The Morgan fingerprint density at radius 1 is 1.43 bits per heavy atom. The van der Waals surface area contributed by atoms with E-state index < -0.39 is 5.54 Å². The van der Waals surface area contributed by atoms with E-state index in [2.05, 4.69) is 15.5 Å². The average molecular weight is 321 g/mol. The van der Waals surface area contributed by atoms with E-state index in [9.17, 15) is 9.18 Å². The summed E-state index contributed by atoms with van der Waals surface area (Å²) in [6, 6.07) is 7.44. The number of hydrogen-bond donors (Lipinski definition) is 3. The Bertz CT molecular complexity index is 649. The summed E-state index contributed by atoms with van der Waals surface area (Å²) in [7, 11) is 1.53. The average Bonchev–Trinajstić information content (AvgIpc) is 2.98. The lowest BCUT2D eigenvalue weighted by Crippen LogP contribution is -2.50. The lowest BCUT2D eigenvalue weighted by atomic mass is 9.99. The molecule has 0 aliphatic rings. The molecule has 0 bridgehead atoms. The van der Waals surface area contributed by atoms with E-state index in [1.54, 1.807) is 25.1 Å². The SMILES string of the molecule is COCC(C)(CCO)NC(=O)c1cc(-c2ccc(F)cc2)n[nH]1. The highest BCUT2D eigenvalue weighted by Gasteiger charge is 2.27. The molecule has 1 aromatic carbocycles. The second-order valence-corrected chi connectivity index (χ2v) is 5.60. The number of rotatable bonds is 7. The molecule has 2 rings (SSSR count). The van der Waals surface area contributed by atoms with E-state index in [0.717, 1.165) is 0 Å². The molecule has 0 fully saturated rings. The molecule has 124 valence electrons. The largest absolute Gasteiger partial charge is 0.396 e. The maximum atomic E-state index is 12.9. The van der Waals surface area contributed by atoms with Crippen molar-refractivity contribution in [3.8, 4) is 11.3 Å². The van der Waals surface area contributed by atoms with Gasteiger partial charge < -0.3 is 15.2 Å². The van der Waals surface area contributed by atoms with Crippen molar-refractivity contribution in [1.29, 1.82) is 0 Å². The van der Waals surface area contributed by atoms with Gasteiger partial charge in [0.25, 0.3) is 5.91 Å². The topological polar surface area (TPSA) is 87.2 Å². The zero-order valence-electron chi connectivity index (χ0n) is 13.1. The first-order chi connectivity index (χ1) is 11.0. The number of benzene rings is 1. The van der Waals surface area contributed by atoms with Gasteiger partial charge in [0.15, 0.2) is 0 Å². The standard InChI is InChI=1S/C16H20FN3O3/c1-16(7-8-21,10-23-2)18-15(22)14-9-13(19-20-14)11-3-5-12(17)6-4-11/h3-6,9,21H,7-8,10H2,1-2H3,(H,18,22)(H,19,20). The van der Waals surface area contributed by atoms with Crippen LogP contribution in [0.4, 0.5) is 4.39 Å². The fraction of sp³-hybridized carbons (Fsp3) is 0.375. The fourth-order valence-corrected chi connectivity index (χ4v) is 2.28. The molecular formula is C16H20FN3O3. The molecule has 1 unspecified atom stereocenters. The number of methoxy groups -OCH3 is 1. The second kappa shape index (κ2) is 7.34. The number of amides is 1. The highest BCUT2D eigenvalue weighted by Crippen LogP contribution is 2.18. The van der Waals surface area contributed by atoms with Gasteiger partial charge in [-0.2, -0.15) is 5.10 Å². The molecule has 0 spiro atoms. The molecule has 0 aliphatic carbocycles. The van der Waals surface area contributed by atoms with Crippen molar-refractivity contribution in [3.05, 3.63) is 41.8 Å². The number of aromatic nitrogens is 2. The summed E-state index contributed by atoms with van der Waals surface area (Å²) in [6.07, 6.45) is 0.367. The van der Waals surface area contributed by atoms with Crippen molar-refractivity contribution >= 4 is 5.91 Å². The summed E-state index contributed by atoms with van der Waals surface area (Å²) >= 11 is 0. The molecule has 6 nitrogen and oxygen atoms in total. The Balaban J connectivity index is 2.13. The Morgan fingerprint density at radius 2 is 2.13 bits per heavy atom. The predicted molar refractivity (Wildman–Crippen MR) is 83.4 cm³/mol. The summed E-state index contributed by atoms with van der Waals surface area (Å²) in [5.74, 6) is -0.680. The highest BCUT2D eigenvalue weighted by molar-refractivity contribution is 5.93. The molecule has 0 radical (unpaired) electrons. The Labute approximate surface area is 133 Å². The number of aliphatic hydroxyl groups is 1. The third kappa shape index (κ3) is 4.37. The highest BCUT2D eigenvalue weighted by atomic mass is 19.1. The van der Waals surface area contributed by atoms with E-state index in [1.807, 2.05) is 0 Å². The Morgan fingerprint density at radius 3 is 2.74 bits per heavy atom. The van der Waals surface area contributed by atoms with Gasteiger partial charge in [-0.05, 0) is 43.7 Å². The van der Waals surface area contributed by atoms with Crippen LogP contribution < -0.4 is 5.32 Å². The zero-order valence-corrected chi connectivity index (χ0v) is 13.1. The summed E-state index contributed by atoms with van der Waals surface area (Å²) in [5, 5.41) is 18.7. The first kappa shape index (κ1) is 17.1. The van der Waals surface area contributed by atoms with E-state index in [1.165, 1.54) is 19.2 Å². The van der Waals surface area contributed by atoms with Crippen molar-refractivity contribution in [2.45, 2.75) is 18.9 Å². The molecule has 0 saturated heterocycles. The van der Waals surface area contributed by atoms with Crippen LogP contribution in [0, 0.1) is 5.82 Å². The van der Waals surface area contributed by atoms with Gasteiger partial charge in [-0.15, -0.1) is 0 Å². The minimum Gasteiger partial charge on any atom is -0.396 e. The molecular weight excluding hydrogens is 301 g/mol. The lowest BCUT2D eigenvalue weighted by molar-refractivity contribution is 0.0721. The van der Waals surface area contributed by atoms with Crippen molar-refractivity contribution < 1.29 is 19.0 Å². The van der Waals surface area contributed by atoms with Crippen LogP contribution in [-0.2, 0) is 4.74 Å². The Kier molecular flexibility index (Phi) is 5.46. The number of carbonyl (C=O) groups is 1. The molecule has 7 heteroatoms. The van der Waals surface area contributed by atoms with Crippen LogP contribution in [0.15, 0.2) is 30.3 Å². The summed E-state index contributed by atoms with van der Waals surface area (Å²) in [6.45, 7) is 2.00. The third-order valence-electron chi connectivity index (χ3n) is 3.50. The van der Waals surface area contributed by atoms with Crippen LogP contribution in [0.25, 0.3) is 11.3 Å². The number of nitrogens with zero attached hydrogens (tertiary/aromatic N) is 1. The summed E-state index contributed by atoms with van der Waals surface area (Å²) in [4.78, 5) is 12.3. The number of ether oxygens (including phenoxy) is 1. The normalized spacial score (nSPS) is 13.6. The quantitative estimate of drug-likeness (QED) is 0.725. The van der Waals surface area contributed by atoms with E-state index >= 15 is 0 Å². The van der Waals surface area contributed by atoms with Gasteiger partial charge in [0.05, 0.1) is 17.8 Å². The van der Waals surface area contributed by atoms with Crippen molar-refractivity contribution in [3.63, 3.8) is 0 Å². The Hall–Kier alpha value is -2.25. The maximum Gasteiger partial charge on any atom is 0.269 e. The van der Waals surface area contributed by atoms with Crippen LogP contribution in [0.1, 0.15) is 23.8 Å². The molecule has 1 aromatic heterocycles. The van der Waals surface area contributed by atoms with Crippen molar-refractivity contribution in [2.24, 2.45) is 0 Å². The molecule has 3 N–H and O–H groups in total. The third-order valence-corrected chi connectivity index (χ3v) is 3.50. The fourth-order valence-electron chi connectivity index (χ4n) is 2.28. The molecule has 1 amide bonds. The number of nitrogens with one attached hydrogen (secondary N) is 2. The monoisotopic (exact) mass is 321 g/mol. The number of halogens is 1. The van der Waals surface area contributed by atoms with Gasteiger partial charge in [-0.1, -0.05) is 0 Å². The van der Waals surface area contributed by atoms with Crippen LogP contribution in [0.5, 0.6) is 0 Å². The van der Waals surface area contributed by atoms with Crippen LogP contribution >= 0.6 is 0 Å². The summed E-state index contributed by atoms with van der Waals surface area (Å²) < 4.78 is 18.0. The van der Waals surface area contributed by atoms with Gasteiger partial charge in [0.1, 0.15) is 11.5 Å². The van der Waals surface area contributed by atoms with Crippen molar-refractivity contribution in [1.82, 2.24) is 15.5 Å². The molecule has 1 atom stereocenters. The van der Waals surface area contributed by atoms with E-state index in [0.29, 0.717) is 17.7 Å². The molecule has 1 heterocycles. The minimum absolute atomic E-state index is 0.0655. The number of aromatic amines is 1. The van der Waals surface area contributed by atoms with Gasteiger partial charge in [-0.3, -0.25) is 9.89 Å². The van der Waals surface area contributed by atoms with Crippen LogP contribution in [0.2, 0.25) is 0 Å². The number of carbonyl (C=O) groups excluding carboxylic acids is 1. The van der Waals surface area contributed by atoms with Gasteiger partial charge in [-0.25, -0.2) is 4.39 Å². The minimum atomic E-state index is -0.679. The predicted octanol–water partition coefficient (Wildman–Crippen LogP) is 1.73. The number of H-pyrrole nitrogens is 1. The summed E-state index contributed by atoms with van der Waals surface area (Å²) in [5.41, 5.74) is 0.855. The molecule has 23 heavy (non-hydrogen) atoms. The van der Waals surface area contributed by atoms with Gasteiger partial charge in [0.2, 0.25) is 0 Å². The van der Waals surface area contributed by atoms with Gasteiger partial charge >= 0.3 is 0 Å². The molecule has 0 aliphatic heterocycles. The smallest absolute Gasteiger partial charge is 0.269 e. The molecule has 0 saturated carbocycles. The molecule has 2 aromatic rings. The van der Waals surface area contributed by atoms with E-state index in [4.69, 9.17) is 9.84 Å². The van der Waals surface area contributed by atoms with Crippen LogP contribution in [-0.4, -0.2) is 47.1 Å². The number of aliphatic hydroxyl groups excluding tert-OH is 1. The maximum absolute atomic E-state index is 12.9. The van der Waals surface area contributed by atoms with Crippen LogP contribution in [0.3, 0.4) is 0 Å². The van der Waals surface area contributed by atoms with Gasteiger partial charge in [0, 0.05) is 19.3 Å². The van der Waals surface area contributed by atoms with E-state index in [-0.39, 0.29) is 30.6 Å².